The van der Waals surface area contributed by atoms with E-state index in [0.29, 0.717) is 0 Å². The summed E-state index contributed by atoms with van der Waals surface area (Å²) in [7, 11) is 4.37. The lowest BCUT2D eigenvalue weighted by molar-refractivity contribution is 0.317. The molecule has 0 saturated carbocycles. The number of H-pyrrole nitrogens is 1. The van der Waals surface area contributed by atoms with Crippen molar-refractivity contribution in [2.75, 3.05) is 38.6 Å². The first-order valence-corrected chi connectivity index (χ1v) is 10.2. The van der Waals surface area contributed by atoms with E-state index in [2.05, 4.69) is 83.6 Å². The van der Waals surface area contributed by atoms with Crippen LogP contribution in [0.15, 0.2) is 54.7 Å². The lowest BCUT2D eigenvalue weighted by Gasteiger charge is -2.37. The third kappa shape index (κ3) is 4.71. The van der Waals surface area contributed by atoms with Crippen LogP contribution in [0.2, 0.25) is 0 Å². The smallest absolute Gasteiger partial charge is 0.0456 e. The highest BCUT2D eigenvalue weighted by atomic mass is 35.5. The number of fused-ring (bicyclic) bond motifs is 2. The molecule has 2 aromatic carbocycles. The number of rotatable bonds is 7. The predicted octanol–water partition coefficient (Wildman–Crippen LogP) is 5.15. The van der Waals surface area contributed by atoms with Crippen molar-refractivity contribution in [3.05, 3.63) is 65.9 Å². The SMILES string of the molecule is CN(C)CC1Cc2ccccc2N(CCCCc2c[nH]c3ccccc23)C1.Cl. The number of aromatic nitrogens is 1. The van der Waals surface area contributed by atoms with Crippen molar-refractivity contribution in [1.29, 1.82) is 0 Å². The molecule has 28 heavy (non-hydrogen) atoms. The van der Waals surface area contributed by atoms with Crippen molar-refractivity contribution in [3.63, 3.8) is 0 Å². The quantitative estimate of drug-likeness (QED) is 0.557. The highest BCUT2D eigenvalue weighted by Gasteiger charge is 2.24. The molecule has 3 aromatic rings. The van der Waals surface area contributed by atoms with E-state index in [0.717, 1.165) is 18.9 Å². The van der Waals surface area contributed by atoms with Gasteiger partial charge in [0.15, 0.2) is 0 Å². The van der Waals surface area contributed by atoms with Crippen LogP contribution in [0, 0.1) is 5.92 Å². The number of unbranched alkanes of at least 4 members (excludes halogenated alkanes) is 1. The Bertz CT molecular complexity index is 886. The molecule has 4 heteroatoms. The van der Waals surface area contributed by atoms with Crippen LogP contribution in [0.3, 0.4) is 0 Å². The Morgan fingerprint density at radius 3 is 2.68 bits per heavy atom. The van der Waals surface area contributed by atoms with Gasteiger partial charge in [0, 0.05) is 42.4 Å². The number of hydrogen-bond donors (Lipinski definition) is 1. The van der Waals surface area contributed by atoms with Crippen molar-refractivity contribution in [1.82, 2.24) is 9.88 Å². The standard InChI is InChI=1S/C24H31N3.ClH/c1-26(2)17-19-15-20-9-3-6-13-24(20)27(18-19)14-8-7-10-21-16-25-23-12-5-4-11-22(21)23;/h3-6,9,11-13,16,19,25H,7-8,10,14-15,17-18H2,1-2H3;1H. The number of nitrogens with one attached hydrogen (secondary N) is 1. The van der Waals surface area contributed by atoms with Crippen LogP contribution in [0.4, 0.5) is 5.69 Å². The minimum atomic E-state index is 0. The lowest BCUT2D eigenvalue weighted by Crippen LogP contribution is -2.40. The molecule has 0 fully saturated rings. The van der Waals surface area contributed by atoms with Gasteiger partial charge in [0.05, 0.1) is 0 Å². The molecule has 0 amide bonds. The summed E-state index contributed by atoms with van der Waals surface area (Å²) in [5, 5.41) is 1.38. The third-order valence-corrected chi connectivity index (χ3v) is 5.74. The van der Waals surface area contributed by atoms with Gasteiger partial charge in [-0.3, -0.25) is 0 Å². The summed E-state index contributed by atoms with van der Waals surface area (Å²) in [6.07, 6.45) is 7.02. The van der Waals surface area contributed by atoms with Crippen molar-refractivity contribution >= 4 is 29.0 Å². The minimum absolute atomic E-state index is 0. The molecule has 4 rings (SSSR count). The number of aryl methyl sites for hydroxylation is 1. The molecule has 0 radical (unpaired) electrons. The molecule has 150 valence electrons. The average Bonchev–Trinajstić information content (AvgIpc) is 3.08. The Hall–Kier alpha value is -1.97. The van der Waals surface area contributed by atoms with Crippen molar-refractivity contribution in [3.8, 4) is 0 Å². The van der Waals surface area contributed by atoms with Gasteiger partial charge >= 0.3 is 0 Å². The second kappa shape index (κ2) is 9.49. The fraction of sp³-hybridized carbons (Fsp3) is 0.417. The second-order valence-corrected chi connectivity index (χ2v) is 8.22. The van der Waals surface area contributed by atoms with Crippen LogP contribution in [0.5, 0.6) is 0 Å². The van der Waals surface area contributed by atoms with E-state index in [4.69, 9.17) is 0 Å². The largest absolute Gasteiger partial charge is 0.371 e. The first kappa shape index (κ1) is 20.8. The molecule has 1 N–H and O–H groups in total. The number of anilines is 1. The van der Waals surface area contributed by atoms with Gasteiger partial charge in [-0.05, 0) is 69.0 Å². The normalized spacial score (nSPS) is 16.2. The van der Waals surface area contributed by atoms with E-state index < -0.39 is 0 Å². The Balaban J connectivity index is 0.00000225. The maximum absolute atomic E-state index is 3.40. The number of halogens is 1. The topological polar surface area (TPSA) is 22.3 Å². The summed E-state index contributed by atoms with van der Waals surface area (Å²) >= 11 is 0. The minimum Gasteiger partial charge on any atom is -0.371 e. The zero-order chi connectivity index (χ0) is 18.6. The van der Waals surface area contributed by atoms with Crippen LogP contribution in [0.25, 0.3) is 10.9 Å². The molecular weight excluding hydrogens is 366 g/mol. The maximum atomic E-state index is 3.40. The van der Waals surface area contributed by atoms with E-state index in [1.54, 1.807) is 0 Å². The van der Waals surface area contributed by atoms with Gasteiger partial charge in [-0.1, -0.05) is 36.4 Å². The van der Waals surface area contributed by atoms with Gasteiger partial charge < -0.3 is 14.8 Å². The Labute approximate surface area is 175 Å². The van der Waals surface area contributed by atoms with E-state index in [1.165, 1.54) is 60.1 Å². The van der Waals surface area contributed by atoms with Crippen LogP contribution >= 0.6 is 12.4 Å². The van der Waals surface area contributed by atoms with E-state index in [9.17, 15) is 0 Å². The zero-order valence-electron chi connectivity index (χ0n) is 17.0. The van der Waals surface area contributed by atoms with Crippen molar-refractivity contribution in [2.45, 2.75) is 25.7 Å². The molecule has 0 saturated heterocycles. The summed E-state index contributed by atoms with van der Waals surface area (Å²) in [4.78, 5) is 8.35. The maximum Gasteiger partial charge on any atom is 0.0456 e. The van der Waals surface area contributed by atoms with Crippen molar-refractivity contribution < 1.29 is 0 Å². The number of para-hydroxylation sites is 2. The fourth-order valence-electron chi connectivity index (χ4n) is 4.58. The number of aromatic amines is 1. The summed E-state index contributed by atoms with van der Waals surface area (Å²) < 4.78 is 0. The van der Waals surface area contributed by atoms with Crippen molar-refractivity contribution in [2.24, 2.45) is 5.92 Å². The van der Waals surface area contributed by atoms with Crippen LogP contribution < -0.4 is 4.90 Å². The summed E-state index contributed by atoms with van der Waals surface area (Å²) in [6, 6.07) is 17.6. The molecule has 0 aliphatic carbocycles. The average molecular weight is 398 g/mol. The van der Waals surface area contributed by atoms with Crippen LogP contribution in [-0.4, -0.2) is 43.6 Å². The van der Waals surface area contributed by atoms with Gasteiger partial charge in [0.25, 0.3) is 0 Å². The van der Waals surface area contributed by atoms with Gasteiger partial charge in [0.2, 0.25) is 0 Å². The zero-order valence-corrected chi connectivity index (χ0v) is 17.8. The monoisotopic (exact) mass is 397 g/mol. The van der Waals surface area contributed by atoms with E-state index in [1.807, 2.05) is 0 Å². The van der Waals surface area contributed by atoms with Gasteiger partial charge in [-0.25, -0.2) is 0 Å². The Morgan fingerprint density at radius 1 is 1.04 bits per heavy atom. The third-order valence-electron chi connectivity index (χ3n) is 5.74. The first-order chi connectivity index (χ1) is 13.2. The molecule has 1 aliphatic heterocycles. The molecule has 1 aliphatic rings. The highest BCUT2D eigenvalue weighted by Crippen LogP contribution is 2.30. The first-order valence-electron chi connectivity index (χ1n) is 10.2. The molecule has 3 nitrogen and oxygen atoms in total. The molecule has 1 unspecified atom stereocenters. The van der Waals surface area contributed by atoms with E-state index in [-0.39, 0.29) is 12.4 Å². The molecule has 0 bridgehead atoms. The molecule has 1 atom stereocenters. The highest BCUT2D eigenvalue weighted by molar-refractivity contribution is 5.85. The van der Waals surface area contributed by atoms with E-state index >= 15 is 0 Å². The van der Waals surface area contributed by atoms with Crippen LogP contribution in [0.1, 0.15) is 24.0 Å². The van der Waals surface area contributed by atoms with Crippen LogP contribution in [-0.2, 0) is 12.8 Å². The summed E-state index contributed by atoms with van der Waals surface area (Å²) in [5.74, 6) is 0.725. The number of nitrogens with zero attached hydrogens (tertiary/aromatic N) is 2. The van der Waals surface area contributed by atoms with Gasteiger partial charge in [0.1, 0.15) is 0 Å². The lowest BCUT2D eigenvalue weighted by atomic mass is 9.92. The molecule has 0 spiro atoms. The number of hydrogen-bond acceptors (Lipinski definition) is 2. The summed E-state index contributed by atoms with van der Waals surface area (Å²) in [5.41, 5.74) is 5.69. The molecule has 1 aromatic heterocycles. The molecule has 2 heterocycles. The fourth-order valence-corrected chi connectivity index (χ4v) is 4.58. The van der Waals surface area contributed by atoms with Gasteiger partial charge in [-0.2, -0.15) is 0 Å². The second-order valence-electron chi connectivity index (χ2n) is 8.22. The summed E-state index contributed by atoms with van der Waals surface area (Å²) in [6.45, 7) is 3.51. The Kier molecular flexibility index (Phi) is 7.03. The molecular formula is C24H32ClN3. The number of benzene rings is 2. The predicted molar refractivity (Wildman–Crippen MR) is 123 cm³/mol. The Morgan fingerprint density at radius 2 is 1.82 bits per heavy atom. The van der Waals surface area contributed by atoms with Gasteiger partial charge in [-0.15, -0.1) is 12.4 Å².